The van der Waals surface area contributed by atoms with E-state index in [1.807, 2.05) is 0 Å². The van der Waals surface area contributed by atoms with E-state index in [4.69, 9.17) is 26.5 Å². The fourth-order valence-corrected chi connectivity index (χ4v) is 6.71. The first-order valence-corrected chi connectivity index (χ1v) is 18.8. The zero-order valence-corrected chi connectivity index (χ0v) is 32.0. The van der Waals surface area contributed by atoms with Crippen LogP contribution in [0.5, 0.6) is 0 Å². The Kier molecular flexibility index (Phi) is 54.1. The number of nitrogens with one attached hydrogen (secondary N) is 1. The monoisotopic (exact) mass is 747 g/mol. The van der Waals surface area contributed by atoms with Crippen LogP contribution < -0.4 is 0 Å². The van der Waals surface area contributed by atoms with Crippen molar-refractivity contribution < 1.29 is 49.0 Å². The van der Waals surface area contributed by atoms with Gasteiger partial charge in [0.2, 0.25) is 11.8 Å². The van der Waals surface area contributed by atoms with Crippen molar-refractivity contribution in [3.63, 3.8) is 0 Å². The van der Waals surface area contributed by atoms with Crippen LogP contribution in [0.2, 0.25) is 12.1 Å². The molecule has 0 aromatic carbocycles. The number of likely N-dealkylation sites (tertiary alicyclic amines) is 2. The Bertz CT molecular complexity index is 743. The fourth-order valence-electron chi connectivity index (χ4n) is 4.04. The van der Waals surface area contributed by atoms with Crippen LogP contribution in [0.1, 0.15) is 82.1 Å². The molecule has 2 heterocycles. The third-order valence-corrected chi connectivity index (χ3v) is 12.6. The van der Waals surface area contributed by atoms with E-state index >= 15 is 0 Å². The molecule has 4 radical (unpaired) electrons. The van der Waals surface area contributed by atoms with Crippen LogP contribution in [0.4, 0.5) is 0 Å². The molecule has 2 saturated heterocycles. The van der Waals surface area contributed by atoms with Crippen molar-refractivity contribution >= 4 is 63.1 Å². The summed E-state index contributed by atoms with van der Waals surface area (Å²) in [6.45, 7) is 15.2. The number of rotatable bonds is 12. The number of hydrogen-bond donors (Lipinski definition) is 1. The number of carbonyl (C=O) groups excluding carboxylic acids is 2. The Labute approximate surface area is 302 Å². The number of hydrogen-bond acceptors (Lipinski definition) is 9. The predicted molar refractivity (Wildman–Crippen MR) is 196 cm³/mol. The van der Waals surface area contributed by atoms with E-state index in [2.05, 4.69) is 68.6 Å². The van der Waals surface area contributed by atoms with Crippen LogP contribution in [-0.4, -0.2) is 118 Å². The molecule has 2 aliphatic rings. The molecule has 17 heteroatoms. The van der Waals surface area contributed by atoms with Crippen molar-refractivity contribution in [2.45, 2.75) is 100 Å². The van der Waals surface area contributed by atoms with Gasteiger partial charge in [-0.25, -0.2) is 0 Å². The van der Waals surface area contributed by atoms with E-state index in [0.29, 0.717) is 30.3 Å². The molecule has 0 spiro atoms. The maximum atomic E-state index is 11.8. The van der Waals surface area contributed by atoms with Gasteiger partial charge in [0.1, 0.15) is 0 Å². The second-order valence-electron chi connectivity index (χ2n) is 8.72. The summed E-state index contributed by atoms with van der Waals surface area (Å²) < 4.78 is 35.1. The summed E-state index contributed by atoms with van der Waals surface area (Å²) in [7, 11) is 5.75. The second-order valence-corrected chi connectivity index (χ2v) is 16.7. The Hall–Kier alpha value is -0.134. The molecule has 3 atom stereocenters. The van der Waals surface area contributed by atoms with E-state index in [1.54, 1.807) is 68.4 Å². The summed E-state index contributed by atoms with van der Waals surface area (Å²) in [4.78, 5) is 26.2. The summed E-state index contributed by atoms with van der Waals surface area (Å²) in [6, 6.07) is 0.340. The van der Waals surface area contributed by atoms with Gasteiger partial charge in [-0.1, -0.05) is 56.7 Å². The van der Waals surface area contributed by atoms with Crippen molar-refractivity contribution in [3.8, 4) is 0 Å². The molecule has 0 aliphatic carbocycles. The summed E-state index contributed by atoms with van der Waals surface area (Å²) >= 11 is 3.72. The minimum atomic E-state index is -2.43. The average Bonchev–Trinajstić information content (AvgIpc) is 3.62. The van der Waals surface area contributed by atoms with Gasteiger partial charge in [0.25, 0.3) is 0 Å². The van der Waals surface area contributed by atoms with E-state index < -0.39 is 17.4 Å². The molecule has 2 rings (SSSR count). The third-order valence-electron chi connectivity index (χ3n) is 6.79. The summed E-state index contributed by atoms with van der Waals surface area (Å²) in [5, 5.41) is 0. The van der Waals surface area contributed by atoms with Gasteiger partial charge >= 0.3 is 68.0 Å². The van der Waals surface area contributed by atoms with Crippen LogP contribution in [0.25, 0.3) is 0 Å². The first-order valence-electron chi connectivity index (χ1n) is 12.9. The minimum absolute atomic E-state index is 0. The zero-order valence-electron chi connectivity index (χ0n) is 26.3. The van der Waals surface area contributed by atoms with Gasteiger partial charge in [0.05, 0.1) is 0 Å². The standard InChI is InChI=1S/C13H27NO3Si.C6H9NO.C5H12O3Si.4CH4.Al.B.H2NP.HN.V/c1-6-12(14-9-7-8-13(14)15)10-11(2)18(5,16-3)17-4;1-2-7-5-3-4-6(7)8;1-5-9(6-2,7-3)8-4;;;;;;;1-2;;/h11-12H,6-10H2,1-5H3;2H,1,3-5H2;5H,1H2,2-4H3;4*1H4;;;2H2;1H;. The molecule has 0 aromatic heterocycles. The van der Waals surface area contributed by atoms with E-state index in [1.165, 1.54) is 0 Å². The SMILES string of the molecule is C.C.C.C.C=CN1CCCC1=O.C=C[Si](OC)(OC)OC.CCC(CC(C)[Si](C)(OC)OC)N1CCCC1=O.P[N]=[V].[B].[NH]=[Al]. The van der Waals surface area contributed by atoms with Crippen LogP contribution in [-0.2, 0) is 49.0 Å². The molecule has 2 amide bonds. The number of amides is 2. The number of carbonyl (C=O) groups is 2. The van der Waals surface area contributed by atoms with E-state index in [-0.39, 0.29) is 44.0 Å². The topological polar surface area (TPSA) is 123 Å². The Balaban J connectivity index is -0.0000000725. The molecular weight excluding hydrogens is 680 g/mol. The van der Waals surface area contributed by atoms with Gasteiger partial charge in [-0.05, 0) is 44.1 Å². The van der Waals surface area contributed by atoms with Gasteiger partial charge in [0.15, 0.2) is 0 Å². The van der Waals surface area contributed by atoms with Crippen LogP contribution in [0.3, 0.4) is 0 Å². The quantitative estimate of drug-likeness (QED) is 0.180. The van der Waals surface area contributed by atoms with Crippen molar-refractivity contribution in [2.24, 2.45) is 3.56 Å². The Morgan fingerprint density at radius 3 is 1.56 bits per heavy atom. The van der Waals surface area contributed by atoms with Crippen molar-refractivity contribution in [1.29, 1.82) is 4.35 Å². The molecular formula is C28H67AlBN4O7PSi2V. The van der Waals surface area contributed by atoms with Gasteiger partial charge in [-0.2, -0.15) is 0 Å². The van der Waals surface area contributed by atoms with Crippen LogP contribution >= 0.6 is 9.39 Å². The van der Waals surface area contributed by atoms with Crippen LogP contribution in [0.15, 0.2) is 28.6 Å². The summed E-state index contributed by atoms with van der Waals surface area (Å²) in [5.41, 5.74) is 1.96. The fraction of sp³-hybridized carbons (Fsp3) is 0.786. The molecule has 0 saturated carbocycles. The van der Waals surface area contributed by atoms with Gasteiger partial charge < -0.3 is 31.9 Å². The predicted octanol–water partition coefficient (Wildman–Crippen LogP) is 6.46. The molecule has 45 heavy (non-hydrogen) atoms. The molecule has 11 nitrogen and oxygen atoms in total. The molecule has 2 fully saturated rings. The third kappa shape index (κ3) is 24.6. The molecule has 265 valence electrons. The molecule has 1 N–H and O–H groups in total. The van der Waals surface area contributed by atoms with Crippen molar-refractivity contribution in [1.82, 2.24) is 9.80 Å². The molecule has 3 unspecified atom stereocenters. The molecule has 0 aromatic rings. The molecule has 2 aliphatic heterocycles. The van der Waals surface area contributed by atoms with E-state index in [9.17, 15) is 9.59 Å². The molecule has 0 bridgehead atoms. The normalized spacial score (nSPS) is 14.2. The average molecular weight is 748 g/mol. The van der Waals surface area contributed by atoms with Gasteiger partial charge in [0, 0.05) is 81.5 Å². The van der Waals surface area contributed by atoms with Gasteiger partial charge in [-0.3, -0.25) is 9.59 Å². The zero-order chi connectivity index (χ0) is 31.8. The number of nitrogens with zero attached hydrogens (tertiary/aromatic N) is 3. The van der Waals surface area contributed by atoms with Crippen molar-refractivity contribution in [2.75, 3.05) is 48.6 Å². The first kappa shape index (κ1) is 63.5. The van der Waals surface area contributed by atoms with E-state index in [0.717, 1.165) is 38.8 Å². The van der Waals surface area contributed by atoms with Gasteiger partial charge in [-0.15, -0.1) is 0 Å². The van der Waals surface area contributed by atoms with Crippen molar-refractivity contribution in [3.05, 3.63) is 25.1 Å². The van der Waals surface area contributed by atoms with Crippen LogP contribution in [0, 0.1) is 4.35 Å². The Morgan fingerprint density at radius 2 is 1.36 bits per heavy atom. The maximum absolute atomic E-state index is 11.8. The second kappa shape index (κ2) is 38.3. The summed E-state index contributed by atoms with van der Waals surface area (Å²) in [6.07, 6.45) is 6.99. The Morgan fingerprint density at radius 1 is 0.956 bits per heavy atom. The first-order chi connectivity index (χ1) is 19.0. The summed E-state index contributed by atoms with van der Waals surface area (Å²) in [5.74, 6) is 0.521.